The molecule has 2 aromatic carbocycles. The van der Waals surface area contributed by atoms with Crippen LogP contribution < -0.4 is 5.32 Å². The highest BCUT2D eigenvalue weighted by Crippen LogP contribution is 2.41. The van der Waals surface area contributed by atoms with Gasteiger partial charge in [0.15, 0.2) is 0 Å². The summed E-state index contributed by atoms with van der Waals surface area (Å²) in [5.74, 6) is 1.97. The third-order valence-corrected chi connectivity index (χ3v) is 5.50. The van der Waals surface area contributed by atoms with Crippen LogP contribution in [0.2, 0.25) is 0 Å². The molecule has 2 N–H and O–H groups in total. The summed E-state index contributed by atoms with van der Waals surface area (Å²) in [5.41, 5.74) is 5.81. The predicted octanol–water partition coefficient (Wildman–Crippen LogP) is 8.26. The Bertz CT molecular complexity index is 1080. The second-order valence-electron chi connectivity index (χ2n) is 7.28. The first-order valence-corrected chi connectivity index (χ1v) is 12.8. The Hall–Kier alpha value is -2.99. The summed E-state index contributed by atoms with van der Waals surface area (Å²) < 4.78 is 4.71. The van der Waals surface area contributed by atoms with Crippen molar-refractivity contribution in [2.75, 3.05) is 11.1 Å². The zero-order valence-corrected chi connectivity index (χ0v) is 22.7. The predicted molar refractivity (Wildman–Crippen MR) is 146 cm³/mol. The number of amides is 1. The molecule has 3 aromatic rings. The first-order valence-electron chi connectivity index (χ1n) is 11.8. The lowest BCUT2D eigenvalue weighted by atomic mass is 9.96. The number of nitrogens with zero attached hydrogens (tertiary/aromatic N) is 1. The third-order valence-electron chi connectivity index (χ3n) is 4.60. The third kappa shape index (κ3) is 7.52. The minimum Gasteiger partial charge on any atom is -0.507 e. The number of fused-ring (bicyclic) bond motifs is 1. The van der Waals surface area contributed by atoms with E-state index in [1.807, 2.05) is 79.7 Å². The summed E-state index contributed by atoms with van der Waals surface area (Å²) in [6.07, 6.45) is 0. The molecule has 0 radical (unpaired) electrons. The Balaban J connectivity index is 0.000000441. The molecule has 1 aliphatic heterocycles. The zero-order chi connectivity index (χ0) is 25.8. The number of aryl methyl sites for hydroxylation is 2. The molecule has 0 unspecified atom stereocenters. The van der Waals surface area contributed by atoms with Crippen molar-refractivity contribution < 1.29 is 14.4 Å². The molecular formula is C28H38N2O3S. The first-order chi connectivity index (χ1) is 16.3. The van der Waals surface area contributed by atoms with Crippen molar-refractivity contribution in [1.82, 2.24) is 5.16 Å². The summed E-state index contributed by atoms with van der Waals surface area (Å²) in [4.78, 5) is 13.3. The van der Waals surface area contributed by atoms with Crippen LogP contribution in [0.4, 0.5) is 5.69 Å². The highest BCUT2D eigenvalue weighted by molar-refractivity contribution is 7.99. The number of aromatic nitrogens is 1. The van der Waals surface area contributed by atoms with Crippen molar-refractivity contribution in [3.63, 3.8) is 0 Å². The van der Waals surface area contributed by atoms with Crippen molar-refractivity contribution >= 4 is 28.9 Å². The van der Waals surface area contributed by atoms with E-state index in [-0.39, 0.29) is 11.7 Å². The molecule has 0 bridgehead atoms. The average molecular weight is 483 g/mol. The molecule has 1 aliphatic rings. The fourth-order valence-corrected chi connectivity index (χ4v) is 3.98. The van der Waals surface area contributed by atoms with Gasteiger partial charge in [0.25, 0.3) is 5.91 Å². The van der Waals surface area contributed by atoms with Gasteiger partial charge in [0.05, 0.1) is 11.4 Å². The van der Waals surface area contributed by atoms with E-state index in [1.165, 1.54) is 4.90 Å². The van der Waals surface area contributed by atoms with Crippen LogP contribution in [-0.2, 0) is 4.79 Å². The van der Waals surface area contributed by atoms with E-state index < -0.39 is 0 Å². The number of allylic oxidation sites excluding steroid dienone is 1. The molecule has 1 amide bonds. The summed E-state index contributed by atoms with van der Waals surface area (Å²) in [6, 6.07) is 13.5. The quantitative estimate of drug-likeness (QED) is 0.290. The van der Waals surface area contributed by atoms with Gasteiger partial charge >= 0.3 is 0 Å². The van der Waals surface area contributed by atoms with Gasteiger partial charge in [-0.1, -0.05) is 57.5 Å². The summed E-state index contributed by atoms with van der Waals surface area (Å²) in [5, 5.41) is 16.8. The summed E-state index contributed by atoms with van der Waals surface area (Å²) >= 11 is 1.78. The largest absolute Gasteiger partial charge is 0.507 e. The van der Waals surface area contributed by atoms with E-state index in [1.54, 1.807) is 17.8 Å². The number of carbonyl (C=O) groups is 1. The van der Waals surface area contributed by atoms with Crippen LogP contribution in [0.3, 0.4) is 0 Å². The number of aromatic hydroxyl groups is 1. The van der Waals surface area contributed by atoms with E-state index in [2.05, 4.69) is 29.5 Å². The van der Waals surface area contributed by atoms with Crippen LogP contribution >= 0.6 is 11.8 Å². The lowest BCUT2D eigenvalue weighted by molar-refractivity contribution is -0.110. The fourth-order valence-electron chi connectivity index (χ4n) is 3.32. The van der Waals surface area contributed by atoms with Gasteiger partial charge in [-0.25, -0.2) is 0 Å². The molecule has 0 fully saturated rings. The molecule has 2 heterocycles. The normalized spacial score (nSPS) is 11.1. The lowest BCUT2D eigenvalue weighted by Gasteiger charge is -2.09. The van der Waals surface area contributed by atoms with Crippen molar-refractivity contribution in [3.05, 3.63) is 65.1 Å². The Morgan fingerprint density at radius 3 is 2.06 bits per heavy atom. The molecule has 6 heteroatoms. The fraction of sp³-hybridized carbons (Fsp3) is 0.357. The number of carbonyl (C=O) groups excluding carboxylic acids is 1. The van der Waals surface area contributed by atoms with Crippen LogP contribution in [0.15, 0.2) is 57.5 Å². The lowest BCUT2D eigenvalue weighted by Crippen LogP contribution is -2.04. The number of hydrogen-bond donors (Lipinski definition) is 2. The molecule has 0 saturated heterocycles. The number of thioether (sulfide) groups is 1. The Morgan fingerprint density at radius 2 is 1.62 bits per heavy atom. The van der Waals surface area contributed by atoms with E-state index in [4.69, 9.17) is 4.52 Å². The molecule has 34 heavy (non-hydrogen) atoms. The Morgan fingerprint density at radius 1 is 1.00 bits per heavy atom. The van der Waals surface area contributed by atoms with Gasteiger partial charge in [-0.3, -0.25) is 4.79 Å². The number of hydrogen-bond acceptors (Lipinski definition) is 5. The van der Waals surface area contributed by atoms with Crippen LogP contribution in [0.5, 0.6) is 5.75 Å². The van der Waals surface area contributed by atoms with E-state index in [9.17, 15) is 9.90 Å². The Kier molecular flexibility index (Phi) is 12.2. The highest BCUT2D eigenvalue weighted by Gasteiger charge is 2.27. The monoisotopic (exact) mass is 482 g/mol. The minimum absolute atomic E-state index is 0.105. The molecule has 4 rings (SSSR count). The standard InChI is InChI=1S/C19H19NO2S.C5H7NO.2C2H6/c1-4-23-13-7-5-12(6-8-13)14-9-15-16(10-17(14)21)20-19(22)18(15)11(2)3;1-4-3-5(2)7-6-4;2*1-2/h5-10,21H,4H2,1-3H3,(H,20,22);3H,1-2H3;2*1-2H3. The van der Waals surface area contributed by atoms with E-state index in [0.29, 0.717) is 11.3 Å². The molecule has 0 aliphatic carbocycles. The van der Waals surface area contributed by atoms with Crippen molar-refractivity contribution in [1.29, 1.82) is 0 Å². The van der Waals surface area contributed by atoms with Gasteiger partial charge in [-0.15, -0.1) is 11.8 Å². The topological polar surface area (TPSA) is 75.4 Å². The van der Waals surface area contributed by atoms with Crippen molar-refractivity contribution in [2.45, 2.75) is 67.2 Å². The van der Waals surface area contributed by atoms with E-state index >= 15 is 0 Å². The van der Waals surface area contributed by atoms with Gasteiger partial charge in [0.1, 0.15) is 11.5 Å². The molecule has 184 valence electrons. The maximum Gasteiger partial charge on any atom is 0.256 e. The van der Waals surface area contributed by atoms with Crippen molar-refractivity contribution in [3.8, 4) is 16.9 Å². The average Bonchev–Trinajstić information content (AvgIpc) is 3.37. The molecular weight excluding hydrogens is 444 g/mol. The second kappa shape index (κ2) is 14.3. The first kappa shape index (κ1) is 29.0. The van der Waals surface area contributed by atoms with Crippen LogP contribution in [0.25, 0.3) is 16.7 Å². The summed E-state index contributed by atoms with van der Waals surface area (Å²) in [7, 11) is 0. The maximum absolute atomic E-state index is 12.1. The van der Waals surface area contributed by atoms with Gasteiger partial charge in [-0.2, -0.15) is 0 Å². The molecule has 0 atom stereocenters. The molecule has 0 saturated carbocycles. The highest BCUT2D eigenvalue weighted by atomic mass is 32.2. The number of nitrogens with one attached hydrogen (secondary N) is 1. The number of phenols is 1. The van der Waals surface area contributed by atoms with Crippen LogP contribution in [0.1, 0.15) is 65.5 Å². The van der Waals surface area contributed by atoms with Gasteiger partial charge in [0.2, 0.25) is 0 Å². The smallest absolute Gasteiger partial charge is 0.256 e. The van der Waals surface area contributed by atoms with Crippen LogP contribution in [-0.4, -0.2) is 21.9 Å². The van der Waals surface area contributed by atoms with Gasteiger partial charge < -0.3 is 14.9 Å². The minimum atomic E-state index is -0.105. The van der Waals surface area contributed by atoms with Crippen molar-refractivity contribution in [2.24, 2.45) is 0 Å². The maximum atomic E-state index is 12.1. The van der Waals surface area contributed by atoms with Crippen LogP contribution in [0, 0.1) is 13.8 Å². The second-order valence-corrected chi connectivity index (χ2v) is 8.62. The zero-order valence-electron chi connectivity index (χ0n) is 21.9. The van der Waals surface area contributed by atoms with Gasteiger partial charge in [0, 0.05) is 33.7 Å². The number of rotatable bonds is 3. The molecule has 0 spiro atoms. The van der Waals surface area contributed by atoms with E-state index in [0.717, 1.165) is 39.5 Å². The molecule has 5 nitrogen and oxygen atoms in total. The molecule has 1 aromatic heterocycles. The number of phenolic OH excluding ortho intramolecular Hbond substituents is 1. The SMILES string of the molecule is CC.CC.CCSc1ccc(-c2cc3c(cc2O)NC(=O)C3=C(C)C)cc1.Cc1cc(C)on1. The summed E-state index contributed by atoms with van der Waals surface area (Å²) in [6.45, 7) is 17.7. The Labute approximate surface area is 208 Å². The number of anilines is 1. The number of benzene rings is 2. The van der Waals surface area contributed by atoms with Gasteiger partial charge in [-0.05, 0) is 57.2 Å².